The number of methoxy groups -OCH3 is 1. The number of nitrogens with zero attached hydrogens (tertiary/aromatic N) is 5. The van der Waals surface area contributed by atoms with Gasteiger partial charge in [-0.25, -0.2) is 0 Å². The summed E-state index contributed by atoms with van der Waals surface area (Å²) < 4.78 is 52.1. The summed E-state index contributed by atoms with van der Waals surface area (Å²) in [4.78, 5) is 15.4. The largest absolute Gasteiger partial charge is 0.497 e. The van der Waals surface area contributed by atoms with Crippen LogP contribution in [0.3, 0.4) is 0 Å². The first-order chi connectivity index (χ1) is 20.3. The van der Waals surface area contributed by atoms with E-state index in [0.29, 0.717) is 29.3 Å². The van der Waals surface area contributed by atoms with Crippen molar-refractivity contribution >= 4 is 17.7 Å². The normalized spacial score (nSPS) is 20.0. The third kappa shape index (κ3) is 5.94. The molecular formula is C30H28F3N5O3S. The number of carbonyl (C=O) groups is 1. The van der Waals surface area contributed by atoms with E-state index in [1.54, 1.807) is 17.9 Å². The molecule has 0 spiro atoms. The van der Waals surface area contributed by atoms with E-state index in [1.165, 1.54) is 17.8 Å². The van der Waals surface area contributed by atoms with Crippen LogP contribution in [0.15, 0.2) is 78.0 Å². The highest BCUT2D eigenvalue weighted by Gasteiger charge is 2.44. The number of alkyl halides is 3. The fourth-order valence-corrected chi connectivity index (χ4v) is 6.53. The van der Waals surface area contributed by atoms with Crippen LogP contribution >= 0.6 is 11.8 Å². The number of tetrazole rings is 1. The van der Waals surface area contributed by atoms with Crippen LogP contribution in [-0.2, 0) is 11.9 Å². The van der Waals surface area contributed by atoms with E-state index in [2.05, 4.69) is 15.5 Å². The minimum Gasteiger partial charge on any atom is -0.497 e. The number of thioether (sulfide) groups is 1. The number of hydrogen-bond donors (Lipinski definition) is 0. The van der Waals surface area contributed by atoms with Crippen molar-refractivity contribution < 1.29 is 27.4 Å². The zero-order valence-corrected chi connectivity index (χ0v) is 23.5. The Bertz CT molecular complexity index is 1530. The van der Waals surface area contributed by atoms with Crippen molar-refractivity contribution in [2.75, 3.05) is 7.11 Å². The maximum absolute atomic E-state index is 13.5. The molecule has 1 amide bonds. The Labute approximate surface area is 244 Å². The molecule has 6 rings (SSSR count). The van der Waals surface area contributed by atoms with Gasteiger partial charge in [-0.15, -0.1) is 5.10 Å². The predicted molar refractivity (Wildman–Crippen MR) is 150 cm³/mol. The Morgan fingerprint density at radius 3 is 2.36 bits per heavy atom. The number of aromatic nitrogens is 4. The summed E-state index contributed by atoms with van der Waals surface area (Å²) in [7, 11) is 1.61. The maximum atomic E-state index is 13.5. The molecule has 3 aromatic carbocycles. The number of carbonyl (C=O) groups excluding carboxylic acids is 1. The summed E-state index contributed by atoms with van der Waals surface area (Å²) in [5, 5.41) is 12.7. The van der Waals surface area contributed by atoms with Crippen molar-refractivity contribution in [3.05, 3.63) is 89.5 Å². The molecule has 2 fully saturated rings. The van der Waals surface area contributed by atoms with Crippen LogP contribution in [-0.4, -0.2) is 56.3 Å². The van der Waals surface area contributed by atoms with Gasteiger partial charge in [0.25, 0.3) is 5.91 Å². The van der Waals surface area contributed by atoms with Gasteiger partial charge in [0.2, 0.25) is 5.16 Å². The summed E-state index contributed by atoms with van der Waals surface area (Å²) in [6.45, 7) is 0. The average molecular weight is 596 g/mol. The summed E-state index contributed by atoms with van der Waals surface area (Å²) >= 11 is 1.49. The lowest BCUT2D eigenvalue weighted by Gasteiger charge is -2.39. The lowest BCUT2D eigenvalue weighted by Crippen LogP contribution is -2.49. The molecule has 0 N–H and O–H groups in total. The summed E-state index contributed by atoms with van der Waals surface area (Å²) in [5.74, 6) is 1.55. The zero-order chi connectivity index (χ0) is 29.3. The Hall–Kier alpha value is -4.06. The molecule has 218 valence electrons. The molecule has 2 bridgehead atoms. The van der Waals surface area contributed by atoms with Gasteiger partial charge in [-0.1, -0.05) is 30.0 Å². The second-order valence-corrected chi connectivity index (χ2v) is 11.3. The summed E-state index contributed by atoms with van der Waals surface area (Å²) in [6.07, 6.45) is -1.75. The van der Waals surface area contributed by atoms with Gasteiger partial charge in [-0.05, 0) is 83.4 Å². The van der Waals surface area contributed by atoms with E-state index in [1.807, 2.05) is 53.4 Å². The van der Waals surface area contributed by atoms with E-state index in [-0.39, 0.29) is 29.8 Å². The number of hydrogen-bond acceptors (Lipinski definition) is 7. The van der Waals surface area contributed by atoms with Gasteiger partial charge >= 0.3 is 6.18 Å². The first-order valence-electron chi connectivity index (χ1n) is 13.6. The van der Waals surface area contributed by atoms with Crippen LogP contribution in [0.1, 0.15) is 47.2 Å². The van der Waals surface area contributed by atoms with Gasteiger partial charge in [-0.3, -0.25) is 4.79 Å². The quantitative estimate of drug-likeness (QED) is 0.225. The van der Waals surface area contributed by atoms with Crippen LogP contribution in [0.25, 0.3) is 5.69 Å². The van der Waals surface area contributed by atoms with Crippen molar-refractivity contribution in [3.63, 3.8) is 0 Å². The molecule has 8 nitrogen and oxygen atoms in total. The lowest BCUT2D eigenvalue weighted by molar-refractivity contribution is -0.137. The van der Waals surface area contributed by atoms with E-state index in [0.717, 1.165) is 42.0 Å². The first kappa shape index (κ1) is 28.1. The molecule has 0 unspecified atom stereocenters. The number of ether oxygens (including phenoxy) is 2. The summed E-state index contributed by atoms with van der Waals surface area (Å²) in [5.41, 5.74) is 1.73. The highest BCUT2D eigenvalue weighted by atomic mass is 32.2. The molecule has 0 radical (unpaired) electrons. The number of piperidine rings is 1. The number of halogens is 3. The van der Waals surface area contributed by atoms with Crippen molar-refractivity contribution in [2.24, 2.45) is 0 Å². The maximum Gasteiger partial charge on any atom is 0.416 e. The van der Waals surface area contributed by atoms with Crippen molar-refractivity contribution in [2.45, 2.75) is 61.0 Å². The van der Waals surface area contributed by atoms with Crippen molar-refractivity contribution in [1.29, 1.82) is 0 Å². The van der Waals surface area contributed by atoms with Crippen molar-refractivity contribution in [1.82, 2.24) is 25.1 Å². The van der Waals surface area contributed by atoms with Crippen LogP contribution in [0.4, 0.5) is 13.2 Å². The molecule has 0 aliphatic carbocycles. The van der Waals surface area contributed by atoms with Gasteiger partial charge in [0.05, 0.1) is 18.4 Å². The van der Waals surface area contributed by atoms with Crippen molar-refractivity contribution in [3.8, 4) is 17.2 Å². The Kier molecular flexibility index (Phi) is 7.80. The first-order valence-corrected chi connectivity index (χ1v) is 14.6. The number of benzene rings is 3. The third-order valence-corrected chi connectivity index (χ3v) is 8.71. The van der Waals surface area contributed by atoms with Crippen LogP contribution < -0.4 is 9.47 Å². The topological polar surface area (TPSA) is 82.4 Å². The summed E-state index contributed by atoms with van der Waals surface area (Å²) in [6, 6.07) is 20.0. The molecule has 1 aromatic heterocycles. The van der Waals surface area contributed by atoms with Gasteiger partial charge in [0, 0.05) is 36.2 Å². The van der Waals surface area contributed by atoms with Gasteiger partial charge < -0.3 is 14.4 Å². The Morgan fingerprint density at radius 2 is 1.69 bits per heavy atom. The smallest absolute Gasteiger partial charge is 0.416 e. The molecule has 0 saturated carbocycles. The number of fused-ring (bicyclic) bond motifs is 2. The minimum absolute atomic E-state index is 0.000836. The molecule has 2 aliphatic rings. The number of rotatable bonds is 8. The molecular weight excluding hydrogens is 567 g/mol. The molecule has 2 saturated heterocycles. The third-order valence-electron chi connectivity index (χ3n) is 7.72. The Balaban J connectivity index is 1.06. The standard InChI is InChI=1S/C30H28F3N5O3S/c1-40-25-13-11-22(12-14-25)38-29(34-35-36-38)42-18-19-5-7-20(8-6-19)28(39)37-23-9-10-24(37)17-27(16-23)41-26-4-2-3-21(15-26)30(31,32)33/h2-8,11-15,23-24,27H,9-10,16-18H2,1H3/t23-,24-/m0/s1. The molecule has 2 atom stereocenters. The average Bonchev–Trinajstić information content (AvgIpc) is 3.57. The second kappa shape index (κ2) is 11.7. The SMILES string of the molecule is COc1ccc(-n2nnnc2SCc2ccc(C(=O)N3[C@H]4CC[C@H]3CC(Oc3cccc(C(F)(F)F)c3)C4)cc2)cc1. The minimum atomic E-state index is -4.42. The van der Waals surface area contributed by atoms with E-state index in [4.69, 9.17) is 9.47 Å². The highest BCUT2D eigenvalue weighted by Crippen LogP contribution is 2.39. The second-order valence-electron chi connectivity index (χ2n) is 10.4. The van der Waals surface area contributed by atoms with E-state index in [9.17, 15) is 18.0 Å². The van der Waals surface area contributed by atoms with Gasteiger partial charge in [-0.2, -0.15) is 17.9 Å². The van der Waals surface area contributed by atoms with E-state index < -0.39 is 11.7 Å². The molecule has 42 heavy (non-hydrogen) atoms. The Morgan fingerprint density at radius 1 is 0.976 bits per heavy atom. The lowest BCUT2D eigenvalue weighted by atomic mass is 9.98. The fourth-order valence-electron chi connectivity index (χ4n) is 5.69. The molecule has 3 heterocycles. The predicted octanol–water partition coefficient (Wildman–Crippen LogP) is 6.20. The van der Waals surface area contributed by atoms with Crippen LogP contribution in [0.2, 0.25) is 0 Å². The van der Waals surface area contributed by atoms with Gasteiger partial charge in [0.15, 0.2) is 0 Å². The molecule has 2 aliphatic heterocycles. The highest BCUT2D eigenvalue weighted by molar-refractivity contribution is 7.98. The zero-order valence-electron chi connectivity index (χ0n) is 22.7. The van der Waals surface area contributed by atoms with Gasteiger partial charge in [0.1, 0.15) is 17.6 Å². The number of amides is 1. The molecule has 4 aromatic rings. The van der Waals surface area contributed by atoms with E-state index >= 15 is 0 Å². The fraction of sp³-hybridized carbons (Fsp3) is 0.333. The monoisotopic (exact) mass is 595 g/mol. The van der Waals surface area contributed by atoms with Crippen LogP contribution in [0, 0.1) is 0 Å². The van der Waals surface area contributed by atoms with Crippen LogP contribution in [0.5, 0.6) is 11.5 Å². The molecule has 12 heteroatoms.